The van der Waals surface area contributed by atoms with Crippen LogP contribution in [-0.4, -0.2) is 34.8 Å². The van der Waals surface area contributed by atoms with Crippen molar-refractivity contribution in [3.05, 3.63) is 53.2 Å². The maximum Gasteiger partial charge on any atom is 0.254 e. The number of aromatic nitrogens is 1. The van der Waals surface area contributed by atoms with Crippen molar-refractivity contribution in [2.75, 3.05) is 24.1 Å². The van der Waals surface area contributed by atoms with Gasteiger partial charge in [-0.3, -0.25) is 9.59 Å². The van der Waals surface area contributed by atoms with Gasteiger partial charge in [-0.15, -0.1) is 24.8 Å². The highest BCUT2D eigenvalue weighted by atomic mass is 35.5. The number of hydrogen-bond donors (Lipinski definition) is 2. The van der Waals surface area contributed by atoms with Crippen LogP contribution in [0.4, 0.5) is 11.5 Å². The summed E-state index contributed by atoms with van der Waals surface area (Å²) in [5.74, 6) is 0.136. The topological polar surface area (TPSA) is 88.3 Å². The minimum Gasteiger partial charge on any atom is -0.399 e. The van der Waals surface area contributed by atoms with Gasteiger partial charge in [0.25, 0.3) is 5.91 Å². The van der Waals surface area contributed by atoms with Gasteiger partial charge in [-0.25, -0.2) is 4.98 Å². The third kappa shape index (κ3) is 5.59. The molecule has 3 N–H and O–H groups in total. The Morgan fingerprint density at radius 3 is 2.61 bits per heavy atom. The number of likely N-dealkylation sites (tertiary alicyclic amines) is 1. The van der Waals surface area contributed by atoms with E-state index < -0.39 is 0 Å². The van der Waals surface area contributed by atoms with E-state index in [4.69, 9.17) is 5.73 Å². The van der Waals surface area contributed by atoms with Crippen LogP contribution >= 0.6 is 24.8 Å². The van der Waals surface area contributed by atoms with Crippen LogP contribution in [0.1, 0.15) is 34.3 Å². The van der Waals surface area contributed by atoms with E-state index in [0.29, 0.717) is 30.2 Å². The molecule has 0 spiro atoms. The van der Waals surface area contributed by atoms with E-state index in [0.717, 1.165) is 24.0 Å². The molecule has 8 heteroatoms. The second-order valence-electron chi connectivity index (χ2n) is 6.87. The molecule has 1 aliphatic heterocycles. The number of anilines is 2. The molecule has 1 aromatic carbocycles. The number of amides is 2. The Morgan fingerprint density at radius 1 is 1.18 bits per heavy atom. The second-order valence-corrected chi connectivity index (χ2v) is 6.87. The number of nitrogens with two attached hydrogens (primary N) is 1. The molecule has 0 radical (unpaired) electrons. The average Bonchev–Trinajstić information content (AvgIpc) is 2.65. The summed E-state index contributed by atoms with van der Waals surface area (Å²) in [5.41, 5.74) is 8.92. The molecule has 2 heterocycles. The maximum atomic E-state index is 12.9. The van der Waals surface area contributed by atoms with E-state index in [9.17, 15) is 9.59 Å². The van der Waals surface area contributed by atoms with E-state index in [2.05, 4.69) is 10.3 Å². The largest absolute Gasteiger partial charge is 0.399 e. The van der Waals surface area contributed by atoms with Crippen molar-refractivity contribution in [3.8, 4) is 0 Å². The molecule has 3 rings (SSSR count). The molecule has 2 amide bonds. The molecule has 6 nitrogen and oxygen atoms in total. The van der Waals surface area contributed by atoms with Crippen molar-refractivity contribution in [3.63, 3.8) is 0 Å². The van der Waals surface area contributed by atoms with Crippen molar-refractivity contribution in [2.45, 2.75) is 26.7 Å². The van der Waals surface area contributed by atoms with Gasteiger partial charge in [-0.2, -0.15) is 0 Å². The lowest BCUT2D eigenvalue weighted by Gasteiger charge is -2.32. The SMILES string of the molecule is Cc1ccc(NC(=O)C2CCCN(C(=O)c3cc(N)ccc3C)C2)nc1.Cl.Cl. The van der Waals surface area contributed by atoms with Crippen LogP contribution in [0.3, 0.4) is 0 Å². The molecule has 1 aliphatic rings. The fourth-order valence-electron chi connectivity index (χ4n) is 3.19. The zero-order valence-corrected chi connectivity index (χ0v) is 17.6. The molecule has 2 aromatic rings. The average molecular weight is 425 g/mol. The minimum absolute atomic E-state index is 0. The van der Waals surface area contributed by atoms with Crippen molar-refractivity contribution in [1.82, 2.24) is 9.88 Å². The lowest BCUT2D eigenvalue weighted by Crippen LogP contribution is -2.44. The summed E-state index contributed by atoms with van der Waals surface area (Å²) < 4.78 is 0. The predicted molar refractivity (Wildman–Crippen MR) is 116 cm³/mol. The molecular weight excluding hydrogens is 399 g/mol. The summed E-state index contributed by atoms with van der Waals surface area (Å²) in [6.45, 7) is 4.90. The first-order valence-corrected chi connectivity index (χ1v) is 8.83. The van der Waals surface area contributed by atoms with Crippen molar-refractivity contribution >= 4 is 48.1 Å². The number of pyridine rings is 1. The van der Waals surface area contributed by atoms with Crippen LogP contribution in [0.2, 0.25) is 0 Å². The monoisotopic (exact) mass is 424 g/mol. The number of carbonyl (C=O) groups is 2. The highest BCUT2D eigenvalue weighted by Crippen LogP contribution is 2.22. The van der Waals surface area contributed by atoms with Crippen LogP contribution < -0.4 is 11.1 Å². The van der Waals surface area contributed by atoms with Crippen LogP contribution in [0.25, 0.3) is 0 Å². The van der Waals surface area contributed by atoms with Crippen LogP contribution in [0, 0.1) is 19.8 Å². The standard InChI is InChI=1S/C20H24N4O2.2ClH/c1-13-5-8-18(22-11-13)23-19(25)15-4-3-9-24(12-15)20(26)17-10-16(21)7-6-14(17)2;;/h5-8,10-11,15H,3-4,9,12,21H2,1-2H3,(H,22,23,25);2*1H. The molecule has 152 valence electrons. The molecule has 0 saturated carbocycles. The Balaban J connectivity index is 0.00000196. The number of piperidine rings is 1. The van der Waals surface area contributed by atoms with E-state index in [1.54, 1.807) is 29.3 Å². The van der Waals surface area contributed by atoms with Crippen LogP contribution in [-0.2, 0) is 4.79 Å². The smallest absolute Gasteiger partial charge is 0.254 e. The van der Waals surface area contributed by atoms with Crippen molar-refractivity contribution < 1.29 is 9.59 Å². The molecule has 1 fully saturated rings. The summed E-state index contributed by atoms with van der Waals surface area (Å²) in [4.78, 5) is 31.4. The van der Waals surface area contributed by atoms with Gasteiger partial charge in [-0.05, 0) is 56.0 Å². The van der Waals surface area contributed by atoms with Gasteiger partial charge >= 0.3 is 0 Å². The highest BCUT2D eigenvalue weighted by molar-refractivity contribution is 5.97. The third-order valence-corrected chi connectivity index (χ3v) is 4.73. The third-order valence-electron chi connectivity index (χ3n) is 4.73. The van der Waals surface area contributed by atoms with Gasteiger partial charge in [0, 0.05) is 30.5 Å². The number of hydrogen-bond acceptors (Lipinski definition) is 4. The lowest BCUT2D eigenvalue weighted by molar-refractivity contribution is -0.121. The first-order chi connectivity index (χ1) is 12.4. The van der Waals surface area contributed by atoms with Crippen LogP contribution in [0.5, 0.6) is 0 Å². The number of benzene rings is 1. The summed E-state index contributed by atoms with van der Waals surface area (Å²) in [6, 6.07) is 9.03. The highest BCUT2D eigenvalue weighted by Gasteiger charge is 2.29. The number of halogens is 2. The summed E-state index contributed by atoms with van der Waals surface area (Å²) in [5, 5.41) is 2.85. The fraction of sp³-hybridized carbons (Fsp3) is 0.350. The summed E-state index contributed by atoms with van der Waals surface area (Å²) in [7, 11) is 0. The van der Waals surface area contributed by atoms with Gasteiger partial charge in [0.15, 0.2) is 0 Å². The molecular formula is C20H26Cl2N4O2. The van der Waals surface area contributed by atoms with Gasteiger partial charge in [0.1, 0.15) is 5.82 Å². The van der Waals surface area contributed by atoms with Crippen molar-refractivity contribution in [2.24, 2.45) is 5.92 Å². The van der Waals surface area contributed by atoms with Gasteiger partial charge < -0.3 is 16.0 Å². The fourth-order valence-corrected chi connectivity index (χ4v) is 3.19. The van der Waals surface area contributed by atoms with Gasteiger partial charge in [-0.1, -0.05) is 12.1 Å². The molecule has 28 heavy (non-hydrogen) atoms. The molecule has 1 aromatic heterocycles. The van der Waals surface area contributed by atoms with E-state index >= 15 is 0 Å². The Bertz CT molecular complexity index is 827. The summed E-state index contributed by atoms with van der Waals surface area (Å²) in [6.07, 6.45) is 3.28. The van der Waals surface area contributed by atoms with E-state index in [1.165, 1.54) is 0 Å². The van der Waals surface area contributed by atoms with Crippen molar-refractivity contribution in [1.29, 1.82) is 0 Å². The predicted octanol–water partition coefficient (Wildman–Crippen LogP) is 3.62. The number of nitrogen functional groups attached to an aromatic ring is 1. The van der Waals surface area contributed by atoms with Crippen LogP contribution in [0.15, 0.2) is 36.5 Å². The normalized spacial score (nSPS) is 15.8. The second kappa shape index (κ2) is 10.3. The molecule has 1 saturated heterocycles. The number of aryl methyl sites for hydroxylation is 2. The zero-order valence-electron chi connectivity index (χ0n) is 16.0. The maximum absolute atomic E-state index is 12.9. The molecule has 0 bridgehead atoms. The lowest BCUT2D eigenvalue weighted by atomic mass is 9.96. The van der Waals surface area contributed by atoms with E-state index in [1.807, 2.05) is 26.0 Å². The molecule has 1 unspecified atom stereocenters. The number of carbonyl (C=O) groups excluding carboxylic acids is 2. The number of rotatable bonds is 3. The quantitative estimate of drug-likeness (QED) is 0.736. The molecule has 0 aliphatic carbocycles. The Morgan fingerprint density at radius 2 is 1.93 bits per heavy atom. The zero-order chi connectivity index (χ0) is 18.7. The van der Waals surface area contributed by atoms with E-state index in [-0.39, 0.29) is 42.5 Å². The van der Waals surface area contributed by atoms with Gasteiger partial charge in [0.2, 0.25) is 5.91 Å². The number of nitrogens with one attached hydrogen (secondary N) is 1. The first kappa shape index (κ1) is 23.7. The first-order valence-electron chi connectivity index (χ1n) is 8.83. The Kier molecular flexibility index (Phi) is 8.72. The minimum atomic E-state index is -0.239. The van der Waals surface area contributed by atoms with Gasteiger partial charge in [0.05, 0.1) is 5.92 Å². The Hall–Kier alpha value is -2.31. The molecule has 1 atom stereocenters. The Labute approximate surface area is 177 Å². The summed E-state index contributed by atoms with van der Waals surface area (Å²) >= 11 is 0. The number of nitrogens with zero attached hydrogens (tertiary/aromatic N) is 2.